The number of rotatable bonds is 8. The van der Waals surface area contributed by atoms with Gasteiger partial charge < -0.3 is 15.7 Å². The van der Waals surface area contributed by atoms with E-state index in [-0.39, 0.29) is 6.10 Å². The summed E-state index contributed by atoms with van der Waals surface area (Å²) in [5.41, 5.74) is 5.45. The molecule has 1 aliphatic heterocycles. The van der Waals surface area contributed by atoms with Gasteiger partial charge in [0.15, 0.2) is 0 Å². The summed E-state index contributed by atoms with van der Waals surface area (Å²) in [6.45, 7) is 12.5. The lowest BCUT2D eigenvalue weighted by molar-refractivity contribution is 0.0817. The van der Waals surface area contributed by atoms with Gasteiger partial charge in [0.05, 0.1) is 6.10 Å². The molecule has 1 fully saturated rings. The predicted molar refractivity (Wildman–Crippen MR) is 95.8 cm³/mol. The molecule has 1 rings (SSSR count). The first-order valence-corrected chi connectivity index (χ1v) is 9.35. The number of aliphatic hydroxyl groups excluding tert-OH is 1. The molecule has 0 bridgehead atoms. The number of piperidine rings is 1. The van der Waals surface area contributed by atoms with Gasteiger partial charge in [0.1, 0.15) is 0 Å². The summed E-state index contributed by atoms with van der Waals surface area (Å²) < 4.78 is 0. The fraction of sp³-hybridized carbons (Fsp3) is 1.00. The van der Waals surface area contributed by atoms with Crippen molar-refractivity contribution in [1.29, 1.82) is 0 Å². The quantitative estimate of drug-likeness (QED) is 0.661. The van der Waals surface area contributed by atoms with Gasteiger partial charge in [-0.2, -0.15) is 0 Å². The lowest BCUT2D eigenvalue weighted by atomic mass is 10.1. The molecule has 0 spiro atoms. The van der Waals surface area contributed by atoms with Crippen molar-refractivity contribution in [2.24, 2.45) is 5.73 Å². The van der Waals surface area contributed by atoms with Gasteiger partial charge in [-0.05, 0) is 38.8 Å². The zero-order valence-electron chi connectivity index (χ0n) is 15.2. The summed E-state index contributed by atoms with van der Waals surface area (Å²) in [6.07, 6.45) is 11.0. The highest BCUT2D eigenvalue weighted by Crippen LogP contribution is 2.11. The number of nitrogens with two attached hydrogens (primary N) is 1. The van der Waals surface area contributed by atoms with E-state index < -0.39 is 0 Å². The number of hydrogen-bond acceptors (Lipinski definition) is 3. The second-order valence-corrected chi connectivity index (χ2v) is 5.69. The van der Waals surface area contributed by atoms with Crippen molar-refractivity contribution in [1.82, 2.24) is 4.90 Å². The van der Waals surface area contributed by atoms with Gasteiger partial charge in [0.25, 0.3) is 0 Å². The molecule has 3 N–H and O–H groups in total. The standard InChI is InChI=1S/C13H28N2O.C3H8.C2H6/c14-9-5-3-1-2-4-6-10-15-11-7-13(16)8-12-15;1-3-2;1-2/h13,16H,1-12,14H2;3H2,1-2H3;1-2H3. The molecule has 0 radical (unpaired) electrons. The Morgan fingerprint density at radius 3 is 1.81 bits per heavy atom. The van der Waals surface area contributed by atoms with Gasteiger partial charge in [-0.1, -0.05) is 59.8 Å². The molecule has 0 amide bonds. The van der Waals surface area contributed by atoms with Crippen LogP contribution in [0.1, 0.15) is 85.5 Å². The minimum Gasteiger partial charge on any atom is -0.393 e. The first-order chi connectivity index (χ1) is 10.2. The second kappa shape index (κ2) is 19.9. The molecule has 130 valence electrons. The van der Waals surface area contributed by atoms with E-state index in [0.29, 0.717) is 0 Å². The average Bonchev–Trinajstić information content (AvgIpc) is 2.51. The van der Waals surface area contributed by atoms with Crippen LogP contribution in [0.15, 0.2) is 0 Å². The highest BCUT2D eigenvalue weighted by atomic mass is 16.3. The van der Waals surface area contributed by atoms with Crippen LogP contribution in [0.5, 0.6) is 0 Å². The molecule has 3 nitrogen and oxygen atoms in total. The van der Waals surface area contributed by atoms with E-state index in [2.05, 4.69) is 18.7 Å². The van der Waals surface area contributed by atoms with Crippen LogP contribution >= 0.6 is 0 Å². The van der Waals surface area contributed by atoms with Crippen molar-refractivity contribution in [3.8, 4) is 0 Å². The summed E-state index contributed by atoms with van der Waals surface area (Å²) in [5, 5.41) is 9.38. The van der Waals surface area contributed by atoms with E-state index in [1.54, 1.807) is 0 Å². The SMILES string of the molecule is CC.CCC.NCCCCCCCCN1CCC(O)CC1. The third kappa shape index (κ3) is 17.8. The zero-order chi connectivity index (χ0) is 16.3. The number of unbranched alkanes of at least 4 members (excludes halogenated alkanes) is 5. The number of aliphatic hydroxyl groups is 1. The molecule has 0 aromatic heterocycles. The molecule has 1 heterocycles. The summed E-state index contributed by atoms with van der Waals surface area (Å²) >= 11 is 0. The molecular weight excluding hydrogens is 260 g/mol. The Kier molecular flexibility index (Phi) is 21.9. The maximum atomic E-state index is 9.38. The summed E-state index contributed by atoms with van der Waals surface area (Å²) in [4.78, 5) is 2.49. The van der Waals surface area contributed by atoms with Crippen LogP contribution in [0.4, 0.5) is 0 Å². The van der Waals surface area contributed by atoms with E-state index in [1.165, 1.54) is 51.5 Å². The molecule has 3 heteroatoms. The Hall–Kier alpha value is -0.120. The monoisotopic (exact) mass is 302 g/mol. The van der Waals surface area contributed by atoms with E-state index in [1.807, 2.05) is 13.8 Å². The van der Waals surface area contributed by atoms with Crippen LogP contribution in [-0.4, -0.2) is 42.3 Å². The Morgan fingerprint density at radius 2 is 1.33 bits per heavy atom. The molecule has 1 saturated heterocycles. The Balaban J connectivity index is 0. The molecule has 0 atom stereocenters. The highest BCUT2D eigenvalue weighted by molar-refractivity contribution is 4.70. The van der Waals surface area contributed by atoms with Crippen molar-refractivity contribution in [2.75, 3.05) is 26.2 Å². The van der Waals surface area contributed by atoms with Gasteiger partial charge in [-0.3, -0.25) is 0 Å². The van der Waals surface area contributed by atoms with Crippen LogP contribution < -0.4 is 5.73 Å². The molecule has 0 aromatic carbocycles. The molecule has 21 heavy (non-hydrogen) atoms. The van der Waals surface area contributed by atoms with Gasteiger partial charge in [0.2, 0.25) is 0 Å². The van der Waals surface area contributed by atoms with Gasteiger partial charge in [0, 0.05) is 13.1 Å². The smallest absolute Gasteiger partial charge is 0.0564 e. The second-order valence-electron chi connectivity index (χ2n) is 5.69. The van der Waals surface area contributed by atoms with Crippen LogP contribution in [0.3, 0.4) is 0 Å². The molecule has 0 aliphatic carbocycles. The summed E-state index contributed by atoms with van der Waals surface area (Å²) in [5.74, 6) is 0. The molecule has 0 unspecified atom stereocenters. The maximum absolute atomic E-state index is 9.38. The first-order valence-electron chi connectivity index (χ1n) is 9.35. The van der Waals surface area contributed by atoms with Crippen molar-refractivity contribution in [2.45, 2.75) is 91.6 Å². The largest absolute Gasteiger partial charge is 0.393 e. The van der Waals surface area contributed by atoms with E-state index in [0.717, 1.165) is 32.5 Å². The van der Waals surface area contributed by atoms with Crippen molar-refractivity contribution in [3.63, 3.8) is 0 Å². The average molecular weight is 303 g/mol. The topological polar surface area (TPSA) is 49.5 Å². The predicted octanol–water partition coefficient (Wildman–Crippen LogP) is 4.18. The van der Waals surface area contributed by atoms with Crippen LogP contribution in [0.2, 0.25) is 0 Å². The van der Waals surface area contributed by atoms with E-state index in [4.69, 9.17) is 5.73 Å². The van der Waals surface area contributed by atoms with Gasteiger partial charge in [-0.15, -0.1) is 0 Å². The maximum Gasteiger partial charge on any atom is 0.0564 e. The lowest BCUT2D eigenvalue weighted by Gasteiger charge is -2.29. The van der Waals surface area contributed by atoms with Gasteiger partial charge >= 0.3 is 0 Å². The van der Waals surface area contributed by atoms with Crippen LogP contribution in [0.25, 0.3) is 0 Å². The molecular formula is C18H42N2O. The fourth-order valence-corrected chi connectivity index (χ4v) is 2.33. The van der Waals surface area contributed by atoms with Crippen LogP contribution in [0, 0.1) is 0 Å². The normalized spacial score (nSPS) is 15.7. The fourth-order valence-electron chi connectivity index (χ4n) is 2.33. The third-order valence-corrected chi connectivity index (χ3v) is 3.49. The minimum absolute atomic E-state index is 0.0347. The summed E-state index contributed by atoms with van der Waals surface area (Å²) in [7, 11) is 0. The van der Waals surface area contributed by atoms with Crippen molar-refractivity contribution >= 4 is 0 Å². The number of likely N-dealkylation sites (tertiary alicyclic amines) is 1. The minimum atomic E-state index is -0.0347. The Morgan fingerprint density at radius 1 is 0.905 bits per heavy atom. The lowest BCUT2D eigenvalue weighted by Crippen LogP contribution is -2.36. The molecule has 1 aliphatic rings. The Bertz CT molecular complexity index is 169. The van der Waals surface area contributed by atoms with E-state index in [9.17, 15) is 5.11 Å². The van der Waals surface area contributed by atoms with Gasteiger partial charge in [-0.25, -0.2) is 0 Å². The highest BCUT2D eigenvalue weighted by Gasteiger charge is 2.15. The number of nitrogens with zero attached hydrogens (tertiary/aromatic N) is 1. The Labute approximate surface area is 134 Å². The zero-order valence-corrected chi connectivity index (χ0v) is 15.2. The third-order valence-electron chi connectivity index (χ3n) is 3.49. The van der Waals surface area contributed by atoms with Crippen molar-refractivity contribution < 1.29 is 5.11 Å². The number of hydrogen-bond donors (Lipinski definition) is 2. The molecule has 0 saturated carbocycles. The van der Waals surface area contributed by atoms with Crippen molar-refractivity contribution in [3.05, 3.63) is 0 Å². The molecule has 0 aromatic rings. The van der Waals surface area contributed by atoms with Crippen LogP contribution in [-0.2, 0) is 0 Å². The first kappa shape index (κ1) is 23.2. The summed E-state index contributed by atoms with van der Waals surface area (Å²) in [6, 6.07) is 0. The van der Waals surface area contributed by atoms with E-state index >= 15 is 0 Å².